The molecule has 0 saturated carbocycles. The Balaban J connectivity index is 1.34. The maximum absolute atomic E-state index is 12.9. The number of rotatable bonds is 3. The Morgan fingerprint density at radius 2 is 1.40 bits per heavy atom. The summed E-state index contributed by atoms with van der Waals surface area (Å²) in [5, 5.41) is 3.15. The third-order valence-electron chi connectivity index (χ3n) is 7.79. The molecule has 1 fully saturated rings. The van der Waals surface area contributed by atoms with E-state index < -0.39 is 0 Å². The Morgan fingerprint density at radius 1 is 0.800 bits per heavy atom. The van der Waals surface area contributed by atoms with Gasteiger partial charge in [0.25, 0.3) is 11.8 Å². The third-order valence-corrected chi connectivity index (χ3v) is 7.79. The highest BCUT2D eigenvalue weighted by Crippen LogP contribution is 2.45. The van der Waals surface area contributed by atoms with E-state index in [1.807, 2.05) is 65.6 Å². The fraction of sp³-hybridized carbons (Fsp3) is 0.333. The van der Waals surface area contributed by atoms with Gasteiger partial charge >= 0.3 is 0 Å². The first-order valence-electron chi connectivity index (χ1n) is 12.4. The van der Waals surface area contributed by atoms with E-state index in [4.69, 9.17) is 4.74 Å². The quantitative estimate of drug-likeness (QED) is 0.523. The number of nitrogens with zero attached hydrogens (tertiary/aromatic N) is 1. The lowest BCUT2D eigenvalue weighted by atomic mass is 9.80. The van der Waals surface area contributed by atoms with Crippen LogP contribution in [0.4, 0.5) is 5.69 Å². The highest BCUT2D eigenvalue weighted by atomic mass is 16.5. The molecule has 0 atom stereocenters. The molecule has 2 aliphatic rings. The van der Waals surface area contributed by atoms with E-state index in [-0.39, 0.29) is 17.4 Å². The van der Waals surface area contributed by atoms with Crippen LogP contribution in [-0.4, -0.2) is 35.4 Å². The van der Waals surface area contributed by atoms with Crippen molar-refractivity contribution >= 4 is 17.5 Å². The highest BCUT2D eigenvalue weighted by Gasteiger charge is 2.42. The number of amides is 2. The van der Waals surface area contributed by atoms with E-state index in [0.717, 1.165) is 59.4 Å². The van der Waals surface area contributed by atoms with Gasteiger partial charge in [-0.3, -0.25) is 9.59 Å². The van der Waals surface area contributed by atoms with E-state index in [1.54, 1.807) is 0 Å². The molecule has 2 aliphatic heterocycles. The fourth-order valence-corrected chi connectivity index (χ4v) is 5.44. The van der Waals surface area contributed by atoms with Gasteiger partial charge in [-0.05, 0) is 80.1 Å². The Kier molecular flexibility index (Phi) is 6.10. The van der Waals surface area contributed by atoms with E-state index in [0.29, 0.717) is 18.7 Å². The fourth-order valence-electron chi connectivity index (χ4n) is 5.44. The smallest absolute Gasteiger partial charge is 0.255 e. The minimum atomic E-state index is -0.237. The van der Waals surface area contributed by atoms with Gasteiger partial charge in [0.1, 0.15) is 11.4 Å². The van der Waals surface area contributed by atoms with Crippen LogP contribution in [0.15, 0.2) is 60.7 Å². The molecular weight excluding hydrogens is 436 g/mol. The van der Waals surface area contributed by atoms with Gasteiger partial charge in [0, 0.05) is 42.7 Å². The van der Waals surface area contributed by atoms with Crippen LogP contribution in [0.5, 0.6) is 5.75 Å². The number of hydrogen-bond acceptors (Lipinski definition) is 3. The van der Waals surface area contributed by atoms with Gasteiger partial charge in [-0.25, -0.2) is 0 Å². The standard InChI is InChI=1S/C30H32N2O3/c1-20-21(2)27-25(22(3)26(20)31-28(33)23-10-6-4-7-11-23)14-15-30(35-27)16-18-32(19-17-30)29(34)24-12-8-5-9-13-24/h4-13H,14-19H2,1-3H3,(H,31,33). The lowest BCUT2D eigenvalue weighted by Gasteiger charge is -2.45. The average molecular weight is 469 g/mol. The molecule has 2 heterocycles. The van der Waals surface area contributed by atoms with Crippen molar-refractivity contribution in [1.82, 2.24) is 4.90 Å². The summed E-state index contributed by atoms with van der Waals surface area (Å²) in [6.45, 7) is 7.61. The lowest BCUT2D eigenvalue weighted by molar-refractivity contribution is -0.0113. The van der Waals surface area contributed by atoms with Gasteiger partial charge in [0.2, 0.25) is 0 Å². The van der Waals surface area contributed by atoms with Crippen LogP contribution < -0.4 is 10.1 Å². The molecule has 0 aromatic heterocycles. The van der Waals surface area contributed by atoms with Crippen molar-refractivity contribution in [3.8, 4) is 5.75 Å². The number of fused-ring (bicyclic) bond motifs is 1. The summed E-state index contributed by atoms with van der Waals surface area (Å²) in [6, 6.07) is 18.8. The monoisotopic (exact) mass is 468 g/mol. The number of likely N-dealkylation sites (tertiary alicyclic amines) is 1. The minimum Gasteiger partial charge on any atom is -0.487 e. The summed E-state index contributed by atoms with van der Waals surface area (Å²) in [5.74, 6) is 0.963. The van der Waals surface area contributed by atoms with Gasteiger partial charge in [-0.15, -0.1) is 0 Å². The zero-order chi connectivity index (χ0) is 24.6. The Morgan fingerprint density at radius 3 is 2.03 bits per heavy atom. The van der Waals surface area contributed by atoms with E-state index in [9.17, 15) is 9.59 Å². The van der Waals surface area contributed by atoms with Crippen molar-refractivity contribution in [2.75, 3.05) is 18.4 Å². The van der Waals surface area contributed by atoms with Crippen molar-refractivity contribution in [2.24, 2.45) is 0 Å². The normalized spacial score (nSPS) is 16.4. The van der Waals surface area contributed by atoms with Crippen LogP contribution in [0.3, 0.4) is 0 Å². The first kappa shape index (κ1) is 23.2. The Labute approximate surface area is 207 Å². The third kappa shape index (κ3) is 4.31. The van der Waals surface area contributed by atoms with Crippen molar-refractivity contribution < 1.29 is 14.3 Å². The molecule has 0 aliphatic carbocycles. The molecule has 0 unspecified atom stereocenters. The number of anilines is 1. The maximum Gasteiger partial charge on any atom is 0.255 e. The molecular formula is C30H32N2O3. The summed E-state index contributed by atoms with van der Waals surface area (Å²) < 4.78 is 6.78. The van der Waals surface area contributed by atoms with Gasteiger partial charge in [-0.1, -0.05) is 36.4 Å². The summed E-state index contributed by atoms with van der Waals surface area (Å²) >= 11 is 0. The Bertz CT molecular complexity index is 1260. The lowest BCUT2D eigenvalue weighted by Crippen LogP contribution is -2.51. The summed E-state index contributed by atoms with van der Waals surface area (Å²) in [6.07, 6.45) is 3.48. The molecule has 1 N–H and O–H groups in total. The molecule has 1 spiro atoms. The minimum absolute atomic E-state index is 0.0957. The largest absolute Gasteiger partial charge is 0.487 e. The van der Waals surface area contributed by atoms with Gasteiger partial charge in [0.15, 0.2) is 0 Å². The zero-order valence-corrected chi connectivity index (χ0v) is 20.7. The number of hydrogen-bond donors (Lipinski definition) is 1. The van der Waals surface area contributed by atoms with Gasteiger partial charge < -0.3 is 15.0 Å². The number of piperidine rings is 1. The molecule has 35 heavy (non-hydrogen) atoms. The molecule has 3 aromatic carbocycles. The van der Waals surface area contributed by atoms with Crippen molar-refractivity contribution in [1.29, 1.82) is 0 Å². The molecule has 5 nitrogen and oxygen atoms in total. The maximum atomic E-state index is 12.9. The van der Waals surface area contributed by atoms with Crippen LogP contribution >= 0.6 is 0 Å². The van der Waals surface area contributed by atoms with Crippen LogP contribution in [0.1, 0.15) is 62.2 Å². The summed E-state index contributed by atoms with van der Waals surface area (Å²) in [7, 11) is 0. The van der Waals surface area contributed by atoms with Crippen LogP contribution in [0.2, 0.25) is 0 Å². The van der Waals surface area contributed by atoms with Crippen molar-refractivity contribution in [3.05, 3.63) is 94.0 Å². The van der Waals surface area contributed by atoms with Crippen LogP contribution in [0, 0.1) is 20.8 Å². The SMILES string of the molecule is Cc1c(C)c2c(c(C)c1NC(=O)c1ccccc1)CCC1(CCN(C(=O)c3ccccc3)CC1)O2. The number of benzene rings is 3. The first-order valence-corrected chi connectivity index (χ1v) is 12.4. The zero-order valence-electron chi connectivity index (χ0n) is 20.7. The van der Waals surface area contributed by atoms with Crippen molar-refractivity contribution in [2.45, 2.75) is 52.1 Å². The first-order chi connectivity index (χ1) is 16.9. The van der Waals surface area contributed by atoms with Crippen LogP contribution in [-0.2, 0) is 6.42 Å². The molecule has 0 bridgehead atoms. The van der Waals surface area contributed by atoms with E-state index >= 15 is 0 Å². The molecule has 3 aromatic rings. The number of nitrogens with one attached hydrogen (secondary N) is 1. The van der Waals surface area contributed by atoms with E-state index in [2.05, 4.69) is 26.1 Å². The highest BCUT2D eigenvalue weighted by molar-refractivity contribution is 6.05. The predicted octanol–water partition coefficient (Wildman–Crippen LogP) is 5.86. The second-order valence-electron chi connectivity index (χ2n) is 9.82. The number of ether oxygens (including phenoxy) is 1. The average Bonchev–Trinajstić information content (AvgIpc) is 2.91. The number of carbonyl (C=O) groups is 2. The molecule has 180 valence electrons. The van der Waals surface area contributed by atoms with Gasteiger partial charge in [-0.2, -0.15) is 0 Å². The molecule has 0 radical (unpaired) electrons. The predicted molar refractivity (Wildman–Crippen MR) is 138 cm³/mol. The molecule has 2 amide bonds. The summed E-state index contributed by atoms with van der Waals surface area (Å²) in [5.41, 5.74) is 6.43. The van der Waals surface area contributed by atoms with E-state index in [1.165, 1.54) is 5.56 Å². The molecule has 1 saturated heterocycles. The topological polar surface area (TPSA) is 58.6 Å². The molecule has 5 heteroatoms. The van der Waals surface area contributed by atoms with Crippen LogP contribution in [0.25, 0.3) is 0 Å². The van der Waals surface area contributed by atoms with Gasteiger partial charge in [0.05, 0.1) is 0 Å². The second kappa shape index (κ2) is 9.21. The molecule has 5 rings (SSSR count). The Hall–Kier alpha value is -3.60. The summed E-state index contributed by atoms with van der Waals surface area (Å²) in [4.78, 5) is 27.7. The van der Waals surface area contributed by atoms with Crippen molar-refractivity contribution in [3.63, 3.8) is 0 Å². The number of carbonyl (C=O) groups excluding carboxylic acids is 2. The second-order valence-corrected chi connectivity index (χ2v) is 9.82.